The van der Waals surface area contributed by atoms with Crippen molar-refractivity contribution < 1.29 is 8.94 Å². The number of aromatic nitrogens is 2. The van der Waals surface area contributed by atoms with Crippen LogP contribution in [-0.2, 0) is 25.9 Å². The lowest BCUT2D eigenvalue weighted by Crippen LogP contribution is -2.36. The van der Waals surface area contributed by atoms with E-state index in [1.807, 2.05) is 12.1 Å². The monoisotopic (exact) mass is 509 g/mol. The first kappa shape index (κ1) is 22.9. The molecule has 0 amide bonds. The molecule has 1 aromatic carbocycles. The summed E-state index contributed by atoms with van der Waals surface area (Å²) in [5, 5.41) is 10.7. The summed E-state index contributed by atoms with van der Waals surface area (Å²) in [5.41, 5.74) is 4.31. The van der Waals surface area contributed by atoms with Gasteiger partial charge in [0.1, 0.15) is 5.76 Å². The van der Waals surface area contributed by atoms with Gasteiger partial charge in [0.25, 0.3) is 0 Å². The number of benzene rings is 1. The van der Waals surface area contributed by atoms with Gasteiger partial charge in [0.2, 0.25) is 5.89 Å². The highest BCUT2D eigenvalue weighted by molar-refractivity contribution is 14.0. The Morgan fingerprint density at radius 2 is 1.79 bits per heavy atom. The van der Waals surface area contributed by atoms with Gasteiger partial charge in [-0.25, -0.2) is 4.98 Å². The Morgan fingerprint density at radius 3 is 2.45 bits per heavy atom. The molecule has 0 bridgehead atoms. The summed E-state index contributed by atoms with van der Waals surface area (Å²) in [5.74, 6) is 2.94. The summed E-state index contributed by atoms with van der Waals surface area (Å²) < 4.78 is 11.3. The van der Waals surface area contributed by atoms with Crippen molar-refractivity contribution in [2.45, 2.75) is 46.7 Å². The number of hydrogen-bond donors (Lipinski definition) is 2. The highest BCUT2D eigenvalue weighted by Crippen LogP contribution is 2.20. The fourth-order valence-corrected chi connectivity index (χ4v) is 2.93. The first-order chi connectivity index (χ1) is 13.6. The quantitative estimate of drug-likeness (QED) is 0.282. The number of nitrogens with zero attached hydrogens (tertiary/aromatic N) is 3. The number of aliphatic imine (C=N–C) groups is 1. The normalized spacial score (nSPS) is 11.2. The van der Waals surface area contributed by atoms with E-state index in [0.717, 1.165) is 41.2 Å². The molecule has 156 valence electrons. The lowest BCUT2D eigenvalue weighted by molar-refractivity contribution is 0.380. The molecule has 0 aliphatic rings. The number of rotatable bonds is 7. The molecule has 3 aromatic rings. The van der Waals surface area contributed by atoms with Crippen LogP contribution in [0.4, 0.5) is 0 Å². The van der Waals surface area contributed by atoms with E-state index in [9.17, 15) is 0 Å². The van der Waals surface area contributed by atoms with Crippen LogP contribution in [0.2, 0.25) is 0 Å². The van der Waals surface area contributed by atoms with Crippen molar-refractivity contribution in [3.05, 3.63) is 58.9 Å². The van der Waals surface area contributed by atoms with Crippen molar-refractivity contribution in [3.8, 4) is 11.3 Å². The van der Waals surface area contributed by atoms with Gasteiger partial charge in [0.15, 0.2) is 11.7 Å². The molecular weight excluding hydrogens is 481 g/mol. The van der Waals surface area contributed by atoms with E-state index in [1.54, 1.807) is 13.2 Å². The average molecular weight is 509 g/mol. The zero-order chi connectivity index (χ0) is 19.9. The van der Waals surface area contributed by atoms with Crippen molar-refractivity contribution in [1.82, 2.24) is 20.8 Å². The van der Waals surface area contributed by atoms with Crippen LogP contribution < -0.4 is 10.6 Å². The second-order valence-corrected chi connectivity index (χ2v) is 6.50. The molecule has 0 fully saturated rings. The minimum absolute atomic E-state index is 0. The highest BCUT2D eigenvalue weighted by Gasteiger charge is 2.14. The summed E-state index contributed by atoms with van der Waals surface area (Å²) in [6, 6.07) is 8.18. The summed E-state index contributed by atoms with van der Waals surface area (Å²) in [6.45, 7) is 7.24. The van der Waals surface area contributed by atoms with Crippen molar-refractivity contribution in [2.24, 2.45) is 4.99 Å². The largest absolute Gasteiger partial charge is 0.439 e. The zero-order valence-corrected chi connectivity index (χ0v) is 19.6. The molecule has 3 rings (SSSR count). The predicted octanol–water partition coefficient (Wildman–Crippen LogP) is 4.25. The Morgan fingerprint density at radius 1 is 1.07 bits per heavy atom. The lowest BCUT2D eigenvalue weighted by atomic mass is 10.1. The van der Waals surface area contributed by atoms with Crippen LogP contribution in [0.3, 0.4) is 0 Å². The Kier molecular flexibility index (Phi) is 8.69. The van der Waals surface area contributed by atoms with E-state index in [2.05, 4.69) is 58.7 Å². The molecule has 0 saturated carbocycles. The Balaban J connectivity index is 0.00000300. The maximum absolute atomic E-state index is 5.85. The average Bonchev–Trinajstić information content (AvgIpc) is 3.35. The van der Waals surface area contributed by atoms with Gasteiger partial charge in [-0.2, -0.15) is 0 Å². The van der Waals surface area contributed by atoms with Gasteiger partial charge in [-0.3, -0.25) is 4.99 Å². The predicted molar refractivity (Wildman–Crippen MR) is 124 cm³/mol. The summed E-state index contributed by atoms with van der Waals surface area (Å²) in [4.78, 5) is 8.61. The van der Waals surface area contributed by atoms with Gasteiger partial charge in [0, 0.05) is 31.1 Å². The molecular formula is C21H28IN5O2. The van der Waals surface area contributed by atoms with Crippen LogP contribution in [0.25, 0.3) is 11.3 Å². The van der Waals surface area contributed by atoms with Crippen molar-refractivity contribution in [2.75, 3.05) is 7.05 Å². The smallest absolute Gasteiger partial charge is 0.214 e. The second kappa shape index (κ2) is 11.0. The number of halogens is 1. The van der Waals surface area contributed by atoms with Crippen molar-refractivity contribution in [3.63, 3.8) is 0 Å². The van der Waals surface area contributed by atoms with Crippen molar-refractivity contribution in [1.29, 1.82) is 0 Å². The van der Waals surface area contributed by atoms with E-state index in [4.69, 9.17) is 8.94 Å². The van der Waals surface area contributed by atoms with E-state index < -0.39 is 0 Å². The topological polar surface area (TPSA) is 88.5 Å². The maximum atomic E-state index is 5.85. The molecule has 2 heterocycles. The number of aryl methyl sites for hydroxylation is 3. The van der Waals surface area contributed by atoms with Crippen LogP contribution in [0.1, 0.15) is 42.3 Å². The molecule has 0 aliphatic carbocycles. The van der Waals surface area contributed by atoms with Gasteiger partial charge in [-0.15, -0.1) is 24.0 Å². The molecule has 0 atom stereocenters. The fraction of sp³-hybridized carbons (Fsp3) is 0.381. The number of hydrogen-bond acceptors (Lipinski definition) is 5. The first-order valence-electron chi connectivity index (χ1n) is 9.57. The highest BCUT2D eigenvalue weighted by atomic mass is 127. The van der Waals surface area contributed by atoms with Crippen molar-refractivity contribution >= 4 is 29.9 Å². The molecule has 2 aromatic heterocycles. The molecule has 8 heteroatoms. The third-order valence-electron chi connectivity index (χ3n) is 4.56. The van der Waals surface area contributed by atoms with Gasteiger partial charge >= 0.3 is 0 Å². The zero-order valence-electron chi connectivity index (χ0n) is 17.3. The molecule has 0 unspecified atom stereocenters. The number of oxazole rings is 1. The SMILES string of the molecule is CCc1noc(CC)c1CNC(=NC)NCc1ncc(-c2ccc(C)cc2)o1.I. The lowest BCUT2D eigenvalue weighted by Gasteiger charge is -2.11. The Bertz CT molecular complexity index is 909. The molecule has 7 nitrogen and oxygen atoms in total. The van der Waals surface area contributed by atoms with E-state index >= 15 is 0 Å². The Hall–Kier alpha value is -2.36. The van der Waals surface area contributed by atoms with Gasteiger partial charge < -0.3 is 19.6 Å². The molecule has 0 aliphatic heterocycles. The van der Waals surface area contributed by atoms with Gasteiger partial charge in [-0.05, 0) is 13.3 Å². The standard InChI is InChI=1S/C21H27N5O2.HI/c1-5-17-16(18(6-2)28-26-17)11-24-21(22-4)25-13-20-23-12-19(27-20)15-9-7-14(3)8-10-15;/h7-10,12H,5-6,11,13H2,1-4H3,(H2,22,24,25);1H. The molecule has 0 radical (unpaired) electrons. The molecule has 2 N–H and O–H groups in total. The van der Waals surface area contributed by atoms with E-state index in [1.165, 1.54) is 5.56 Å². The van der Waals surface area contributed by atoms with Crippen LogP contribution in [-0.4, -0.2) is 23.1 Å². The Labute approximate surface area is 188 Å². The van der Waals surface area contributed by atoms with Crippen LogP contribution >= 0.6 is 24.0 Å². The van der Waals surface area contributed by atoms with Crippen LogP contribution in [0, 0.1) is 6.92 Å². The summed E-state index contributed by atoms with van der Waals surface area (Å²) >= 11 is 0. The number of guanidine groups is 1. The van der Waals surface area contributed by atoms with Crippen LogP contribution in [0.15, 0.2) is 44.4 Å². The van der Waals surface area contributed by atoms with E-state index in [-0.39, 0.29) is 24.0 Å². The fourth-order valence-electron chi connectivity index (χ4n) is 2.93. The minimum atomic E-state index is 0. The van der Waals surface area contributed by atoms with Gasteiger partial charge in [0.05, 0.1) is 18.4 Å². The third kappa shape index (κ3) is 5.81. The second-order valence-electron chi connectivity index (χ2n) is 6.50. The number of nitrogens with one attached hydrogen (secondary N) is 2. The van der Waals surface area contributed by atoms with E-state index in [0.29, 0.717) is 24.9 Å². The summed E-state index contributed by atoms with van der Waals surface area (Å²) in [7, 11) is 1.73. The molecule has 0 spiro atoms. The van der Waals surface area contributed by atoms with Crippen LogP contribution in [0.5, 0.6) is 0 Å². The summed E-state index contributed by atoms with van der Waals surface area (Å²) in [6.07, 6.45) is 3.40. The maximum Gasteiger partial charge on any atom is 0.214 e. The third-order valence-corrected chi connectivity index (χ3v) is 4.56. The molecule has 0 saturated heterocycles. The minimum Gasteiger partial charge on any atom is -0.439 e. The van der Waals surface area contributed by atoms with Gasteiger partial charge in [-0.1, -0.05) is 48.8 Å². The molecule has 29 heavy (non-hydrogen) atoms. The first-order valence-corrected chi connectivity index (χ1v) is 9.57.